The molecule has 1 rings (SSSR count). The summed E-state index contributed by atoms with van der Waals surface area (Å²) in [6, 6.07) is 3.35. The first kappa shape index (κ1) is 10.7. The third-order valence-electron chi connectivity index (χ3n) is 1.70. The lowest BCUT2D eigenvalue weighted by Gasteiger charge is -2.06. The molecule has 1 N–H and O–H groups in total. The van der Waals surface area contributed by atoms with Gasteiger partial charge in [-0.3, -0.25) is 4.55 Å². The molecule has 0 unspecified atom stereocenters. The molecule has 0 saturated carbocycles. The van der Waals surface area contributed by atoms with Gasteiger partial charge < -0.3 is 9.90 Å². The Kier molecular flexibility index (Phi) is 2.59. The number of carbonyl (C=O) groups is 1. The van der Waals surface area contributed by atoms with Gasteiger partial charge in [0.15, 0.2) is 0 Å². The highest BCUT2D eigenvalue weighted by Crippen LogP contribution is 2.16. The Morgan fingerprint density at radius 1 is 1.43 bits per heavy atom. The van der Waals surface area contributed by atoms with Gasteiger partial charge in [-0.1, -0.05) is 12.1 Å². The van der Waals surface area contributed by atoms with Crippen molar-refractivity contribution in [2.24, 2.45) is 0 Å². The largest absolute Gasteiger partial charge is 0.545 e. The highest BCUT2D eigenvalue weighted by molar-refractivity contribution is 7.85. The summed E-state index contributed by atoms with van der Waals surface area (Å²) >= 11 is 0. The summed E-state index contributed by atoms with van der Waals surface area (Å²) in [6.45, 7) is 1.45. The lowest BCUT2D eigenvalue weighted by Crippen LogP contribution is -2.22. The minimum absolute atomic E-state index is 0.275. The van der Waals surface area contributed by atoms with Crippen molar-refractivity contribution >= 4 is 16.1 Å². The van der Waals surface area contributed by atoms with E-state index in [-0.39, 0.29) is 11.1 Å². The smallest absolute Gasteiger partial charge is 0.294 e. The van der Waals surface area contributed by atoms with Crippen LogP contribution in [-0.4, -0.2) is 18.9 Å². The number of benzene rings is 1. The highest BCUT2D eigenvalue weighted by Gasteiger charge is 2.13. The maximum atomic E-state index is 10.8. The molecule has 0 saturated heterocycles. The zero-order valence-corrected chi connectivity index (χ0v) is 8.04. The van der Waals surface area contributed by atoms with Gasteiger partial charge in [-0.25, -0.2) is 0 Å². The van der Waals surface area contributed by atoms with Crippen molar-refractivity contribution in [2.75, 3.05) is 0 Å². The third-order valence-corrected chi connectivity index (χ3v) is 2.70. The Labute approximate surface area is 80.7 Å². The normalized spacial score (nSPS) is 11.3. The van der Waals surface area contributed by atoms with E-state index in [9.17, 15) is 18.3 Å². The molecule has 0 radical (unpaired) electrons. The third kappa shape index (κ3) is 2.09. The van der Waals surface area contributed by atoms with Crippen LogP contribution in [0, 0.1) is 6.92 Å². The van der Waals surface area contributed by atoms with Crippen molar-refractivity contribution in [1.29, 1.82) is 0 Å². The molecule has 76 valence electrons. The number of aromatic carboxylic acids is 1. The average molecular weight is 215 g/mol. The van der Waals surface area contributed by atoms with E-state index in [0.29, 0.717) is 0 Å². The molecule has 0 spiro atoms. The molecule has 0 fully saturated rings. The SMILES string of the molecule is Cc1ccc(C(=O)[O-])cc1S(=O)(=O)O. The molecule has 1 aromatic rings. The van der Waals surface area contributed by atoms with Crippen LogP contribution in [0.2, 0.25) is 0 Å². The van der Waals surface area contributed by atoms with E-state index in [4.69, 9.17) is 4.55 Å². The number of carbonyl (C=O) groups excluding carboxylic acids is 1. The Morgan fingerprint density at radius 2 is 2.00 bits per heavy atom. The van der Waals surface area contributed by atoms with Crippen LogP contribution in [0.15, 0.2) is 23.1 Å². The van der Waals surface area contributed by atoms with Gasteiger partial charge in [0.2, 0.25) is 0 Å². The van der Waals surface area contributed by atoms with E-state index >= 15 is 0 Å². The molecule has 0 aliphatic carbocycles. The Hall–Kier alpha value is -1.40. The van der Waals surface area contributed by atoms with Crippen LogP contribution in [0.3, 0.4) is 0 Å². The molecule has 14 heavy (non-hydrogen) atoms. The zero-order chi connectivity index (χ0) is 10.9. The molecule has 0 aromatic heterocycles. The van der Waals surface area contributed by atoms with E-state index in [1.165, 1.54) is 19.1 Å². The summed E-state index contributed by atoms with van der Waals surface area (Å²) in [6.07, 6.45) is 0. The maximum Gasteiger partial charge on any atom is 0.294 e. The number of carboxylic acids is 1. The van der Waals surface area contributed by atoms with Crippen LogP contribution in [0.4, 0.5) is 0 Å². The van der Waals surface area contributed by atoms with E-state index in [1.54, 1.807) is 0 Å². The molecular weight excluding hydrogens is 208 g/mol. The lowest BCUT2D eigenvalue weighted by molar-refractivity contribution is -0.255. The second kappa shape index (κ2) is 3.39. The van der Waals surface area contributed by atoms with Gasteiger partial charge in [-0.15, -0.1) is 0 Å². The van der Waals surface area contributed by atoms with E-state index in [1.807, 2.05) is 0 Å². The number of rotatable bonds is 2. The van der Waals surface area contributed by atoms with Crippen LogP contribution in [-0.2, 0) is 10.1 Å². The minimum atomic E-state index is -4.38. The zero-order valence-electron chi connectivity index (χ0n) is 7.22. The predicted octanol–water partition coefficient (Wildman–Crippen LogP) is -0.395. The summed E-state index contributed by atoms with van der Waals surface area (Å²) < 4.78 is 30.3. The molecule has 1 aromatic carbocycles. The molecule has 0 aliphatic rings. The minimum Gasteiger partial charge on any atom is -0.545 e. The van der Waals surface area contributed by atoms with Gasteiger partial charge >= 0.3 is 0 Å². The molecule has 6 heteroatoms. The maximum absolute atomic E-state index is 10.8. The number of aryl methyl sites for hydroxylation is 1. The highest BCUT2D eigenvalue weighted by atomic mass is 32.2. The summed E-state index contributed by atoms with van der Waals surface area (Å²) in [5.41, 5.74) is -0.0132. The van der Waals surface area contributed by atoms with Crippen molar-refractivity contribution in [3.8, 4) is 0 Å². The van der Waals surface area contributed by atoms with Gasteiger partial charge in [0.25, 0.3) is 10.1 Å². The van der Waals surface area contributed by atoms with Crippen molar-refractivity contribution in [1.82, 2.24) is 0 Å². The molecule has 0 bridgehead atoms. The lowest BCUT2D eigenvalue weighted by atomic mass is 10.1. The van der Waals surface area contributed by atoms with E-state index in [2.05, 4.69) is 0 Å². The van der Waals surface area contributed by atoms with Crippen LogP contribution in [0.5, 0.6) is 0 Å². The predicted molar refractivity (Wildman–Crippen MR) is 45.3 cm³/mol. The molecule has 0 heterocycles. The van der Waals surface area contributed by atoms with Crippen LogP contribution >= 0.6 is 0 Å². The fourth-order valence-corrected chi connectivity index (χ4v) is 1.76. The van der Waals surface area contributed by atoms with Gasteiger partial charge in [0.05, 0.1) is 10.9 Å². The van der Waals surface area contributed by atoms with Crippen LogP contribution in [0.1, 0.15) is 15.9 Å². The van der Waals surface area contributed by atoms with Gasteiger partial charge in [-0.05, 0) is 24.1 Å². The monoisotopic (exact) mass is 215 g/mol. The Bertz CT molecular complexity index is 475. The van der Waals surface area contributed by atoms with Crippen molar-refractivity contribution in [2.45, 2.75) is 11.8 Å². The summed E-state index contributed by atoms with van der Waals surface area (Å²) in [5, 5.41) is 10.4. The molecule has 5 nitrogen and oxygen atoms in total. The van der Waals surface area contributed by atoms with Crippen molar-refractivity contribution in [3.63, 3.8) is 0 Å². The number of carboxylic acid groups (broad SMARTS) is 1. The van der Waals surface area contributed by atoms with Gasteiger partial charge in [-0.2, -0.15) is 8.42 Å². The quantitative estimate of drug-likeness (QED) is 0.677. The summed E-state index contributed by atoms with van der Waals surface area (Å²) in [5.74, 6) is -1.49. The van der Waals surface area contributed by atoms with E-state index in [0.717, 1.165) is 6.07 Å². The van der Waals surface area contributed by atoms with Gasteiger partial charge in [0.1, 0.15) is 0 Å². The molecular formula is C8H7O5S-. The molecule has 0 atom stereocenters. The topological polar surface area (TPSA) is 94.5 Å². The first-order valence-corrected chi connectivity index (χ1v) is 5.06. The second-order valence-electron chi connectivity index (χ2n) is 2.74. The number of hydrogen-bond donors (Lipinski definition) is 1. The second-order valence-corrected chi connectivity index (χ2v) is 4.13. The molecule has 0 amide bonds. The number of hydrogen-bond acceptors (Lipinski definition) is 4. The Morgan fingerprint density at radius 3 is 2.43 bits per heavy atom. The fourth-order valence-electron chi connectivity index (χ4n) is 1.00. The summed E-state index contributed by atoms with van der Waals surface area (Å²) in [7, 11) is -4.38. The van der Waals surface area contributed by atoms with Crippen LogP contribution in [0.25, 0.3) is 0 Å². The fraction of sp³-hybridized carbons (Fsp3) is 0.125. The van der Waals surface area contributed by atoms with Crippen LogP contribution < -0.4 is 5.11 Å². The standard InChI is InChI=1S/C8H8O5S/c1-5-2-3-6(8(9)10)4-7(5)14(11,12)13/h2-4H,1H3,(H,9,10)(H,11,12,13)/p-1. The van der Waals surface area contributed by atoms with Crippen molar-refractivity contribution < 1.29 is 22.9 Å². The first-order valence-electron chi connectivity index (χ1n) is 3.62. The average Bonchev–Trinajstić information content (AvgIpc) is 2.02. The molecule has 0 aliphatic heterocycles. The summed E-state index contributed by atoms with van der Waals surface area (Å²) in [4.78, 5) is 9.99. The van der Waals surface area contributed by atoms with E-state index < -0.39 is 21.0 Å². The van der Waals surface area contributed by atoms with Gasteiger partial charge in [0, 0.05) is 0 Å². The first-order chi connectivity index (χ1) is 6.32. The van der Waals surface area contributed by atoms with Crippen molar-refractivity contribution in [3.05, 3.63) is 29.3 Å². The Balaban J connectivity index is 3.44.